The monoisotopic (exact) mass is 569 g/mol. The predicted octanol–water partition coefficient (Wildman–Crippen LogP) is 8.62. The van der Waals surface area contributed by atoms with Gasteiger partial charge < -0.3 is 14.4 Å². The molecule has 222 valence electrons. The van der Waals surface area contributed by atoms with Crippen LogP contribution in [0, 0.1) is 0 Å². The highest BCUT2D eigenvalue weighted by Crippen LogP contribution is 2.26. The SMILES string of the molecule is CCCCCCCCCC(=O)N(CCCC)CC(=O)N(Cc1cccn1Cc1ccccc1Cl)C1CCCCC1. The van der Waals surface area contributed by atoms with E-state index in [1.54, 1.807) is 0 Å². The van der Waals surface area contributed by atoms with Gasteiger partial charge in [0.15, 0.2) is 0 Å². The molecule has 0 aliphatic heterocycles. The van der Waals surface area contributed by atoms with Crippen molar-refractivity contribution in [2.45, 2.75) is 129 Å². The Kier molecular flexibility index (Phi) is 14.7. The van der Waals surface area contributed by atoms with E-state index in [-0.39, 0.29) is 24.4 Å². The van der Waals surface area contributed by atoms with Crippen molar-refractivity contribution < 1.29 is 9.59 Å². The second-order valence-electron chi connectivity index (χ2n) is 11.6. The first-order valence-corrected chi connectivity index (χ1v) is 16.4. The molecule has 1 saturated carbocycles. The van der Waals surface area contributed by atoms with E-state index < -0.39 is 0 Å². The van der Waals surface area contributed by atoms with E-state index in [1.807, 2.05) is 23.1 Å². The molecule has 1 fully saturated rings. The summed E-state index contributed by atoms with van der Waals surface area (Å²) in [6.45, 7) is 6.47. The summed E-state index contributed by atoms with van der Waals surface area (Å²) in [6.07, 6.45) is 18.5. The number of carbonyl (C=O) groups excluding carboxylic acids is 2. The topological polar surface area (TPSA) is 45.6 Å². The van der Waals surface area contributed by atoms with Crippen molar-refractivity contribution >= 4 is 23.4 Å². The fourth-order valence-corrected chi connectivity index (χ4v) is 6.03. The molecule has 2 aromatic rings. The summed E-state index contributed by atoms with van der Waals surface area (Å²) in [5.41, 5.74) is 2.17. The summed E-state index contributed by atoms with van der Waals surface area (Å²) in [5, 5.41) is 0.758. The van der Waals surface area contributed by atoms with Crippen LogP contribution in [0.25, 0.3) is 0 Å². The lowest BCUT2D eigenvalue weighted by molar-refractivity contribution is -0.143. The molecule has 1 aliphatic carbocycles. The lowest BCUT2D eigenvalue weighted by Gasteiger charge is -2.36. The Morgan fingerprint density at radius 1 is 0.850 bits per heavy atom. The van der Waals surface area contributed by atoms with Crippen LogP contribution in [0.15, 0.2) is 42.6 Å². The largest absolute Gasteiger partial charge is 0.345 e. The number of unbranched alkanes of at least 4 members (excludes halogenated alkanes) is 7. The number of benzene rings is 1. The molecule has 1 aliphatic rings. The lowest BCUT2D eigenvalue weighted by Crippen LogP contribution is -2.47. The van der Waals surface area contributed by atoms with Gasteiger partial charge in [0.2, 0.25) is 11.8 Å². The molecule has 2 amide bonds. The Hall–Kier alpha value is -2.27. The van der Waals surface area contributed by atoms with Crippen molar-refractivity contribution in [2.24, 2.45) is 0 Å². The molecule has 0 N–H and O–H groups in total. The van der Waals surface area contributed by atoms with Crippen molar-refractivity contribution in [3.63, 3.8) is 0 Å². The molecule has 0 radical (unpaired) electrons. The Labute approximate surface area is 248 Å². The van der Waals surface area contributed by atoms with Gasteiger partial charge in [-0.3, -0.25) is 9.59 Å². The van der Waals surface area contributed by atoms with Crippen LogP contribution < -0.4 is 0 Å². The van der Waals surface area contributed by atoms with Gasteiger partial charge in [0.1, 0.15) is 0 Å². The third-order valence-corrected chi connectivity index (χ3v) is 8.71. The highest BCUT2D eigenvalue weighted by atomic mass is 35.5. The summed E-state index contributed by atoms with van der Waals surface area (Å²) in [4.78, 5) is 31.1. The molecule has 0 saturated heterocycles. The van der Waals surface area contributed by atoms with Gasteiger partial charge in [0.25, 0.3) is 0 Å². The molecule has 1 aromatic carbocycles. The van der Waals surface area contributed by atoms with E-state index in [2.05, 4.69) is 47.7 Å². The average molecular weight is 570 g/mol. The molecule has 40 heavy (non-hydrogen) atoms. The molecule has 0 bridgehead atoms. The molecular weight excluding hydrogens is 518 g/mol. The first-order chi connectivity index (χ1) is 19.5. The fourth-order valence-electron chi connectivity index (χ4n) is 5.83. The fraction of sp³-hybridized carbons (Fsp3) is 0.647. The number of hydrogen-bond donors (Lipinski definition) is 0. The van der Waals surface area contributed by atoms with Crippen molar-refractivity contribution in [2.75, 3.05) is 13.1 Å². The van der Waals surface area contributed by atoms with Gasteiger partial charge in [-0.25, -0.2) is 0 Å². The van der Waals surface area contributed by atoms with Crippen LogP contribution >= 0.6 is 11.6 Å². The number of aromatic nitrogens is 1. The first kappa shape index (κ1) is 32.2. The second kappa shape index (κ2) is 18.2. The Morgan fingerprint density at radius 2 is 1.55 bits per heavy atom. The number of nitrogens with zero attached hydrogens (tertiary/aromatic N) is 3. The number of halogens is 1. The van der Waals surface area contributed by atoms with E-state index in [0.717, 1.165) is 67.6 Å². The minimum absolute atomic E-state index is 0.0846. The average Bonchev–Trinajstić information content (AvgIpc) is 3.41. The van der Waals surface area contributed by atoms with Crippen LogP contribution in [0.5, 0.6) is 0 Å². The second-order valence-corrected chi connectivity index (χ2v) is 12.0. The highest BCUT2D eigenvalue weighted by Gasteiger charge is 2.28. The van der Waals surface area contributed by atoms with Crippen molar-refractivity contribution in [3.8, 4) is 0 Å². The van der Waals surface area contributed by atoms with Gasteiger partial charge >= 0.3 is 0 Å². The van der Waals surface area contributed by atoms with Gasteiger partial charge in [-0.05, 0) is 49.4 Å². The number of hydrogen-bond acceptors (Lipinski definition) is 2. The Morgan fingerprint density at radius 3 is 2.27 bits per heavy atom. The Balaban J connectivity index is 1.66. The molecule has 3 rings (SSSR count). The summed E-state index contributed by atoms with van der Waals surface area (Å²) < 4.78 is 2.20. The number of carbonyl (C=O) groups is 2. The maximum atomic E-state index is 13.9. The molecule has 0 spiro atoms. The summed E-state index contributed by atoms with van der Waals surface area (Å²) in [5.74, 6) is 0.224. The van der Waals surface area contributed by atoms with Crippen LogP contribution in [-0.4, -0.2) is 45.3 Å². The minimum Gasteiger partial charge on any atom is -0.345 e. The highest BCUT2D eigenvalue weighted by molar-refractivity contribution is 6.31. The molecule has 0 atom stereocenters. The number of rotatable bonds is 18. The quantitative estimate of drug-likeness (QED) is 0.169. The zero-order valence-electron chi connectivity index (χ0n) is 25.1. The smallest absolute Gasteiger partial charge is 0.242 e. The minimum atomic E-state index is 0.0846. The summed E-state index contributed by atoms with van der Waals surface area (Å²) in [6, 6.07) is 12.3. The van der Waals surface area contributed by atoms with Gasteiger partial charge in [0.05, 0.1) is 13.1 Å². The van der Waals surface area contributed by atoms with E-state index in [0.29, 0.717) is 26.1 Å². The van der Waals surface area contributed by atoms with Crippen LogP contribution in [0.3, 0.4) is 0 Å². The van der Waals surface area contributed by atoms with Gasteiger partial charge in [0, 0.05) is 42.5 Å². The predicted molar refractivity (Wildman–Crippen MR) is 167 cm³/mol. The summed E-state index contributed by atoms with van der Waals surface area (Å²) in [7, 11) is 0. The third-order valence-electron chi connectivity index (χ3n) is 8.34. The Bertz CT molecular complexity index is 1010. The molecule has 1 aromatic heterocycles. The lowest BCUT2D eigenvalue weighted by atomic mass is 9.94. The molecular formula is C34H52ClN3O2. The zero-order chi connectivity index (χ0) is 28.6. The van der Waals surface area contributed by atoms with Crippen LogP contribution in [0.1, 0.15) is 121 Å². The van der Waals surface area contributed by atoms with E-state index in [4.69, 9.17) is 11.6 Å². The summed E-state index contributed by atoms with van der Waals surface area (Å²) >= 11 is 6.46. The maximum absolute atomic E-state index is 13.9. The maximum Gasteiger partial charge on any atom is 0.242 e. The van der Waals surface area contributed by atoms with Gasteiger partial charge in [-0.2, -0.15) is 0 Å². The van der Waals surface area contributed by atoms with Crippen molar-refractivity contribution in [3.05, 3.63) is 58.9 Å². The number of amides is 2. The molecule has 0 unspecified atom stereocenters. The third kappa shape index (κ3) is 10.6. The van der Waals surface area contributed by atoms with Crippen LogP contribution in [0.2, 0.25) is 5.02 Å². The standard InChI is InChI=1S/C34H52ClN3O2/c1-3-5-7-8-9-10-14-23-33(39)37(24-6-4-2)28-34(40)38(30-19-12-11-13-20-30)27-31-21-17-25-36(31)26-29-18-15-16-22-32(29)35/h15-18,21-22,25,30H,3-14,19-20,23-24,26-28H2,1-2H3. The van der Waals surface area contributed by atoms with Gasteiger partial charge in [-0.1, -0.05) is 108 Å². The molecule has 1 heterocycles. The normalized spacial score (nSPS) is 13.9. The van der Waals surface area contributed by atoms with Crippen LogP contribution in [0.4, 0.5) is 0 Å². The molecule has 6 heteroatoms. The van der Waals surface area contributed by atoms with E-state index in [9.17, 15) is 9.59 Å². The first-order valence-electron chi connectivity index (χ1n) is 16.0. The van der Waals surface area contributed by atoms with Gasteiger partial charge in [-0.15, -0.1) is 0 Å². The van der Waals surface area contributed by atoms with E-state index >= 15 is 0 Å². The molecule has 5 nitrogen and oxygen atoms in total. The van der Waals surface area contributed by atoms with Crippen molar-refractivity contribution in [1.82, 2.24) is 14.4 Å². The zero-order valence-corrected chi connectivity index (χ0v) is 25.8. The van der Waals surface area contributed by atoms with E-state index in [1.165, 1.54) is 38.5 Å². The van der Waals surface area contributed by atoms with Crippen LogP contribution in [-0.2, 0) is 22.7 Å². The van der Waals surface area contributed by atoms with Crippen molar-refractivity contribution in [1.29, 1.82) is 0 Å².